The number of hydrogen-bond acceptors (Lipinski definition) is 2. The first-order valence-electron chi connectivity index (χ1n) is 6.80. The molecule has 0 aliphatic carbocycles. The summed E-state index contributed by atoms with van der Waals surface area (Å²) in [6.07, 6.45) is 2.85. The molecule has 2 heteroatoms. The first kappa shape index (κ1) is 13.2. The maximum Gasteiger partial charge on any atom is 0.137 e. The number of aliphatic hydroxyl groups is 1. The molecule has 0 amide bonds. The lowest BCUT2D eigenvalue weighted by Crippen LogP contribution is -2.08. The van der Waals surface area contributed by atoms with Gasteiger partial charge in [-0.2, -0.15) is 0 Å². The van der Waals surface area contributed by atoms with Gasteiger partial charge in [0.2, 0.25) is 0 Å². The van der Waals surface area contributed by atoms with Crippen molar-refractivity contribution in [1.82, 2.24) is 0 Å². The van der Waals surface area contributed by atoms with E-state index in [9.17, 15) is 5.11 Å². The molecular weight excluding hydrogens is 224 g/mol. The van der Waals surface area contributed by atoms with Gasteiger partial charge in [0.25, 0.3) is 0 Å². The van der Waals surface area contributed by atoms with Crippen LogP contribution in [0, 0.1) is 12.8 Å². The van der Waals surface area contributed by atoms with Crippen molar-refractivity contribution in [3.63, 3.8) is 0 Å². The van der Waals surface area contributed by atoms with Gasteiger partial charge >= 0.3 is 0 Å². The number of unbranched alkanes of at least 4 members (excludes halogenated alkanes) is 1. The summed E-state index contributed by atoms with van der Waals surface area (Å²) >= 11 is 0. The van der Waals surface area contributed by atoms with Crippen LogP contribution in [-0.2, 0) is 0 Å². The Balaban J connectivity index is 2.22. The molecule has 0 saturated carbocycles. The van der Waals surface area contributed by atoms with Crippen LogP contribution < -0.4 is 0 Å². The van der Waals surface area contributed by atoms with Crippen LogP contribution in [0.25, 0.3) is 11.0 Å². The summed E-state index contributed by atoms with van der Waals surface area (Å²) in [6.45, 7) is 6.28. The van der Waals surface area contributed by atoms with Crippen molar-refractivity contribution >= 4 is 11.0 Å². The average molecular weight is 246 g/mol. The van der Waals surface area contributed by atoms with E-state index in [0.29, 0.717) is 5.76 Å². The number of furan rings is 1. The van der Waals surface area contributed by atoms with E-state index < -0.39 is 6.10 Å². The van der Waals surface area contributed by atoms with Crippen molar-refractivity contribution in [2.75, 3.05) is 0 Å². The van der Waals surface area contributed by atoms with Gasteiger partial charge in [0.05, 0.1) is 0 Å². The molecule has 0 bridgehead atoms. The van der Waals surface area contributed by atoms with Crippen LogP contribution in [0.15, 0.2) is 28.7 Å². The monoisotopic (exact) mass is 246 g/mol. The normalized spacial score (nSPS) is 14.9. The summed E-state index contributed by atoms with van der Waals surface area (Å²) < 4.78 is 5.81. The second-order valence-electron chi connectivity index (χ2n) is 5.21. The Hall–Kier alpha value is -1.28. The Bertz CT molecular complexity index is 513. The highest BCUT2D eigenvalue weighted by molar-refractivity contribution is 5.80. The largest absolute Gasteiger partial charge is 0.458 e. The number of para-hydroxylation sites is 1. The fraction of sp³-hybridized carbons (Fsp3) is 0.500. The van der Waals surface area contributed by atoms with Crippen molar-refractivity contribution < 1.29 is 9.52 Å². The molecule has 2 atom stereocenters. The zero-order chi connectivity index (χ0) is 13.1. The van der Waals surface area contributed by atoms with Gasteiger partial charge in [-0.25, -0.2) is 0 Å². The van der Waals surface area contributed by atoms with Crippen LogP contribution in [-0.4, -0.2) is 5.11 Å². The van der Waals surface area contributed by atoms with E-state index in [0.717, 1.165) is 35.8 Å². The fourth-order valence-corrected chi connectivity index (χ4v) is 2.34. The van der Waals surface area contributed by atoms with Crippen molar-refractivity contribution in [2.45, 2.75) is 46.1 Å². The van der Waals surface area contributed by atoms with E-state index in [4.69, 9.17) is 4.42 Å². The standard InChI is InChI=1S/C16H22O2/c1-4-5-7-11(2)15(17)14-10-13-9-6-8-12(3)16(13)18-14/h6,8-11,15,17H,4-5,7H2,1-3H3. The lowest BCUT2D eigenvalue weighted by molar-refractivity contribution is 0.0905. The maximum atomic E-state index is 10.3. The van der Waals surface area contributed by atoms with Crippen molar-refractivity contribution in [1.29, 1.82) is 0 Å². The molecule has 98 valence electrons. The molecule has 18 heavy (non-hydrogen) atoms. The topological polar surface area (TPSA) is 33.4 Å². The van der Waals surface area contributed by atoms with Crippen molar-refractivity contribution in [3.8, 4) is 0 Å². The maximum absolute atomic E-state index is 10.3. The molecule has 2 aromatic rings. The first-order chi connectivity index (χ1) is 8.63. The lowest BCUT2D eigenvalue weighted by atomic mass is 9.96. The molecule has 0 saturated heterocycles. The molecule has 0 aliphatic heterocycles. The number of aliphatic hydroxyl groups excluding tert-OH is 1. The highest BCUT2D eigenvalue weighted by Gasteiger charge is 2.20. The summed E-state index contributed by atoms with van der Waals surface area (Å²) in [6, 6.07) is 8.04. The molecule has 1 heterocycles. The van der Waals surface area contributed by atoms with Crippen LogP contribution in [0.2, 0.25) is 0 Å². The number of fused-ring (bicyclic) bond motifs is 1. The summed E-state index contributed by atoms with van der Waals surface area (Å²) in [4.78, 5) is 0. The second-order valence-corrected chi connectivity index (χ2v) is 5.21. The highest BCUT2D eigenvalue weighted by atomic mass is 16.4. The minimum atomic E-state index is -0.497. The van der Waals surface area contributed by atoms with E-state index in [1.54, 1.807) is 0 Å². The van der Waals surface area contributed by atoms with E-state index in [-0.39, 0.29) is 5.92 Å². The predicted molar refractivity (Wildman–Crippen MR) is 74.6 cm³/mol. The average Bonchev–Trinajstić information content (AvgIpc) is 2.80. The number of rotatable bonds is 5. The zero-order valence-electron chi connectivity index (χ0n) is 11.4. The Morgan fingerprint density at radius 3 is 2.78 bits per heavy atom. The van der Waals surface area contributed by atoms with E-state index in [1.165, 1.54) is 0 Å². The van der Waals surface area contributed by atoms with Gasteiger partial charge in [-0.1, -0.05) is 44.9 Å². The van der Waals surface area contributed by atoms with Gasteiger partial charge in [-0.15, -0.1) is 0 Å². The smallest absolute Gasteiger partial charge is 0.137 e. The molecule has 2 rings (SSSR count). The van der Waals surface area contributed by atoms with Crippen LogP contribution >= 0.6 is 0 Å². The Morgan fingerprint density at radius 1 is 1.33 bits per heavy atom. The van der Waals surface area contributed by atoms with Gasteiger partial charge in [-0.3, -0.25) is 0 Å². The Kier molecular flexibility index (Phi) is 4.07. The molecule has 0 spiro atoms. The van der Waals surface area contributed by atoms with Gasteiger partial charge in [0.15, 0.2) is 0 Å². The Morgan fingerprint density at radius 2 is 2.11 bits per heavy atom. The summed E-state index contributed by atoms with van der Waals surface area (Å²) in [5.74, 6) is 0.939. The third-order valence-electron chi connectivity index (χ3n) is 3.60. The fourth-order valence-electron chi connectivity index (χ4n) is 2.34. The number of aryl methyl sites for hydroxylation is 1. The van der Waals surface area contributed by atoms with Crippen LogP contribution in [0.5, 0.6) is 0 Å². The molecular formula is C16H22O2. The van der Waals surface area contributed by atoms with E-state index in [1.807, 2.05) is 31.2 Å². The first-order valence-corrected chi connectivity index (χ1v) is 6.80. The van der Waals surface area contributed by atoms with Gasteiger partial charge in [0, 0.05) is 5.39 Å². The van der Waals surface area contributed by atoms with Crippen LogP contribution in [0.1, 0.15) is 50.5 Å². The molecule has 0 fully saturated rings. The van der Waals surface area contributed by atoms with Gasteiger partial charge in [-0.05, 0) is 30.9 Å². The molecule has 1 aromatic carbocycles. The highest BCUT2D eigenvalue weighted by Crippen LogP contribution is 2.31. The van der Waals surface area contributed by atoms with Crippen molar-refractivity contribution in [3.05, 3.63) is 35.6 Å². The quantitative estimate of drug-likeness (QED) is 0.836. The second kappa shape index (κ2) is 5.57. The van der Waals surface area contributed by atoms with Gasteiger partial charge < -0.3 is 9.52 Å². The molecule has 2 unspecified atom stereocenters. The van der Waals surface area contributed by atoms with Crippen molar-refractivity contribution in [2.24, 2.45) is 5.92 Å². The van der Waals surface area contributed by atoms with Crippen LogP contribution in [0.4, 0.5) is 0 Å². The molecule has 2 nitrogen and oxygen atoms in total. The lowest BCUT2D eigenvalue weighted by Gasteiger charge is -2.16. The molecule has 1 N–H and O–H groups in total. The van der Waals surface area contributed by atoms with E-state index in [2.05, 4.69) is 13.8 Å². The number of hydrogen-bond donors (Lipinski definition) is 1. The summed E-state index contributed by atoms with van der Waals surface area (Å²) in [5.41, 5.74) is 2.02. The zero-order valence-corrected chi connectivity index (χ0v) is 11.4. The SMILES string of the molecule is CCCCC(C)C(O)c1cc2cccc(C)c2o1. The third-order valence-corrected chi connectivity index (χ3v) is 3.60. The van der Waals surface area contributed by atoms with Crippen LogP contribution in [0.3, 0.4) is 0 Å². The Labute approximate surface area is 109 Å². The molecule has 1 aromatic heterocycles. The summed E-state index contributed by atoms with van der Waals surface area (Å²) in [5, 5.41) is 11.4. The predicted octanol–water partition coefficient (Wildman–Crippen LogP) is 4.60. The summed E-state index contributed by atoms with van der Waals surface area (Å²) in [7, 11) is 0. The van der Waals surface area contributed by atoms with E-state index >= 15 is 0 Å². The molecule has 0 aliphatic rings. The van der Waals surface area contributed by atoms with Gasteiger partial charge in [0.1, 0.15) is 17.4 Å². The minimum Gasteiger partial charge on any atom is -0.458 e. The minimum absolute atomic E-state index is 0.241. The molecule has 0 radical (unpaired) electrons. The third kappa shape index (κ3) is 2.59. The number of benzene rings is 1.